The first-order valence-corrected chi connectivity index (χ1v) is 4.99. The highest BCUT2D eigenvalue weighted by Gasteiger charge is 2.57. The van der Waals surface area contributed by atoms with Gasteiger partial charge in [0.15, 0.2) is 5.60 Å². The van der Waals surface area contributed by atoms with E-state index in [9.17, 15) is 23.5 Å². The predicted octanol–water partition coefficient (Wildman–Crippen LogP) is 1.41. The predicted molar refractivity (Wildman–Crippen MR) is 55.4 cm³/mol. The van der Waals surface area contributed by atoms with Crippen molar-refractivity contribution in [3.63, 3.8) is 0 Å². The van der Waals surface area contributed by atoms with Gasteiger partial charge in [-0.15, -0.1) is 0 Å². The van der Waals surface area contributed by atoms with Crippen LogP contribution in [-0.2, 0) is 14.3 Å². The fraction of sp³-hybridized carbons (Fsp3) is 0.800. The number of hydrogen-bond donors (Lipinski definition) is 2. The van der Waals surface area contributed by atoms with Crippen molar-refractivity contribution in [2.24, 2.45) is 0 Å². The summed E-state index contributed by atoms with van der Waals surface area (Å²) in [5.74, 6) is -6.96. The summed E-state index contributed by atoms with van der Waals surface area (Å²) in [5.41, 5.74) is -3.92. The van der Waals surface area contributed by atoms with E-state index in [0.717, 1.165) is 0 Å². The second kappa shape index (κ2) is 5.05. The van der Waals surface area contributed by atoms with Crippen LogP contribution in [0.4, 0.5) is 13.6 Å². The van der Waals surface area contributed by atoms with Crippen molar-refractivity contribution in [1.82, 2.24) is 0 Å². The molecule has 0 aromatic heterocycles. The molecule has 0 aliphatic heterocycles. The fourth-order valence-electron chi connectivity index (χ4n) is 0.800. The Bertz CT molecular complexity index is 332. The lowest BCUT2D eigenvalue weighted by Crippen LogP contribution is -2.54. The smallest absolute Gasteiger partial charge is 0.477 e. The molecule has 0 heterocycles. The largest absolute Gasteiger partial charge is 0.508 e. The standard InChI is InChI=1S/C10H16F2O6/c1-8(2,3)18-7(15)17-5-9(4,16)10(11,12)6(13)14/h16H,5H2,1-4H3,(H,13,14). The molecule has 0 amide bonds. The number of ether oxygens (including phenoxy) is 2. The zero-order valence-electron chi connectivity index (χ0n) is 10.5. The van der Waals surface area contributed by atoms with Crippen molar-refractivity contribution < 1.29 is 38.1 Å². The molecule has 0 aromatic rings. The Morgan fingerprint density at radius 2 is 1.61 bits per heavy atom. The molecule has 0 bridgehead atoms. The number of carbonyl (C=O) groups excluding carboxylic acids is 1. The summed E-state index contributed by atoms with van der Waals surface area (Å²) >= 11 is 0. The van der Waals surface area contributed by atoms with Gasteiger partial charge in [-0.05, 0) is 27.7 Å². The van der Waals surface area contributed by atoms with Crippen LogP contribution >= 0.6 is 0 Å². The maximum Gasteiger partial charge on any atom is 0.508 e. The summed E-state index contributed by atoms with van der Waals surface area (Å²) in [4.78, 5) is 21.3. The van der Waals surface area contributed by atoms with Crippen LogP contribution in [0.15, 0.2) is 0 Å². The van der Waals surface area contributed by atoms with Crippen molar-refractivity contribution in [2.45, 2.75) is 44.8 Å². The van der Waals surface area contributed by atoms with E-state index in [1.165, 1.54) is 20.8 Å². The van der Waals surface area contributed by atoms with Gasteiger partial charge in [0.1, 0.15) is 12.2 Å². The lowest BCUT2D eigenvalue weighted by molar-refractivity contribution is -0.213. The molecule has 1 unspecified atom stereocenters. The lowest BCUT2D eigenvalue weighted by atomic mass is 9.99. The van der Waals surface area contributed by atoms with Crippen molar-refractivity contribution in [3.05, 3.63) is 0 Å². The van der Waals surface area contributed by atoms with Crippen LogP contribution in [0.5, 0.6) is 0 Å². The third-order valence-corrected chi connectivity index (χ3v) is 1.81. The second-order valence-corrected chi connectivity index (χ2v) is 4.91. The highest BCUT2D eigenvalue weighted by Crippen LogP contribution is 2.29. The van der Waals surface area contributed by atoms with E-state index in [-0.39, 0.29) is 0 Å². The minimum absolute atomic E-state index is 0.547. The molecule has 0 saturated carbocycles. The van der Waals surface area contributed by atoms with E-state index >= 15 is 0 Å². The molecule has 6 nitrogen and oxygen atoms in total. The summed E-state index contributed by atoms with van der Waals surface area (Å²) in [6, 6.07) is 0. The van der Waals surface area contributed by atoms with E-state index in [1.807, 2.05) is 0 Å². The second-order valence-electron chi connectivity index (χ2n) is 4.91. The Labute approximate surface area is 102 Å². The summed E-state index contributed by atoms with van der Waals surface area (Å²) in [6.07, 6.45) is -1.27. The average molecular weight is 270 g/mol. The van der Waals surface area contributed by atoms with Gasteiger partial charge in [-0.2, -0.15) is 8.78 Å². The van der Waals surface area contributed by atoms with Gasteiger partial charge < -0.3 is 19.7 Å². The zero-order chi connectivity index (χ0) is 14.8. The normalized spacial score (nSPS) is 15.7. The average Bonchev–Trinajstić information content (AvgIpc) is 2.11. The molecule has 106 valence electrons. The van der Waals surface area contributed by atoms with Gasteiger partial charge >= 0.3 is 18.0 Å². The van der Waals surface area contributed by atoms with E-state index in [1.54, 1.807) is 0 Å². The Morgan fingerprint density at radius 3 is 1.94 bits per heavy atom. The van der Waals surface area contributed by atoms with Gasteiger partial charge in [0.2, 0.25) is 0 Å². The monoisotopic (exact) mass is 270 g/mol. The van der Waals surface area contributed by atoms with Gasteiger partial charge in [0, 0.05) is 0 Å². The number of rotatable bonds is 4. The molecule has 0 aliphatic carbocycles. The quantitative estimate of drug-likeness (QED) is 0.750. The van der Waals surface area contributed by atoms with Gasteiger partial charge in [-0.25, -0.2) is 9.59 Å². The molecule has 0 aliphatic rings. The number of halogens is 2. The number of hydrogen-bond acceptors (Lipinski definition) is 5. The van der Waals surface area contributed by atoms with E-state index in [0.29, 0.717) is 6.92 Å². The number of carboxylic acids is 1. The Hall–Kier alpha value is -1.44. The molecule has 0 spiro atoms. The molecule has 8 heteroatoms. The van der Waals surface area contributed by atoms with Crippen LogP contribution in [0.1, 0.15) is 27.7 Å². The van der Waals surface area contributed by atoms with Crippen molar-refractivity contribution in [1.29, 1.82) is 0 Å². The van der Waals surface area contributed by atoms with Crippen molar-refractivity contribution in [3.8, 4) is 0 Å². The van der Waals surface area contributed by atoms with E-state index < -0.39 is 35.9 Å². The molecular weight excluding hydrogens is 254 g/mol. The Kier molecular flexibility index (Phi) is 4.65. The minimum atomic E-state index is -4.45. The first-order valence-electron chi connectivity index (χ1n) is 4.99. The molecule has 0 rings (SSSR count). The summed E-state index contributed by atoms with van der Waals surface area (Å²) < 4.78 is 35.0. The lowest BCUT2D eigenvalue weighted by Gasteiger charge is -2.29. The van der Waals surface area contributed by atoms with Gasteiger partial charge in [0.05, 0.1) is 0 Å². The van der Waals surface area contributed by atoms with Crippen LogP contribution in [0.25, 0.3) is 0 Å². The summed E-state index contributed by atoms with van der Waals surface area (Å²) in [5, 5.41) is 17.5. The molecule has 0 aromatic carbocycles. The van der Waals surface area contributed by atoms with E-state index in [4.69, 9.17) is 5.11 Å². The van der Waals surface area contributed by atoms with Crippen LogP contribution in [-0.4, -0.2) is 46.1 Å². The van der Waals surface area contributed by atoms with Crippen LogP contribution < -0.4 is 0 Å². The molecule has 1 atom stereocenters. The molecule has 0 fully saturated rings. The molecule has 2 N–H and O–H groups in total. The highest BCUT2D eigenvalue weighted by atomic mass is 19.3. The molecule has 0 radical (unpaired) electrons. The van der Waals surface area contributed by atoms with Crippen LogP contribution in [0.2, 0.25) is 0 Å². The SMILES string of the molecule is CC(C)(C)OC(=O)OCC(C)(O)C(F)(F)C(=O)O. The Morgan fingerprint density at radius 1 is 1.17 bits per heavy atom. The topological polar surface area (TPSA) is 93.1 Å². The first kappa shape index (κ1) is 16.6. The summed E-state index contributed by atoms with van der Waals surface area (Å²) in [7, 11) is 0. The number of alkyl halides is 2. The number of carboxylic acid groups (broad SMARTS) is 1. The number of aliphatic hydroxyl groups is 1. The summed E-state index contributed by atoms with van der Waals surface area (Å²) in [6.45, 7) is 3.92. The first-order chi connectivity index (χ1) is 7.79. The minimum Gasteiger partial charge on any atom is -0.477 e. The van der Waals surface area contributed by atoms with E-state index in [2.05, 4.69) is 9.47 Å². The number of aliphatic carboxylic acids is 1. The van der Waals surface area contributed by atoms with Crippen LogP contribution in [0, 0.1) is 0 Å². The highest BCUT2D eigenvalue weighted by molar-refractivity contribution is 5.77. The molecule has 0 saturated heterocycles. The third-order valence-electron chi connectivity index (χ3n) is 1.81. The fourth-order valence-corrected chi connectivity index (χ4v) is 0.800. The molecular formula is C10H16F2O6. The van der Waals surface area contributed by atoms with Crippen LogP contribution in [0.3, 0.4) is 0 Å². The van der Waals surface area contributed by atoms with Gasteiger partial charge in [-0.3, -0.25) is 0 Å². The van der Waals surface area contributed by atoms with Crippen molar-refractivity contribution in [2.75, 3.05) is 6.61 Å². The van der Waals surface area contributed by atoms with Crippen molar-refractivity contribution >= 4 is 12.1 Å². The third kappa shape index (κ3) is 4.44. The number of carbonyl (C=O) groups is 2. The maximum absolute atomic E-state index is 13.0. The Balaban J connectivity index is 4.54. The van der Waals surface area contributed by atoms with Gasteiger partial charge in [-0.1, -0.05) is 0 Å². The maximum atomic E-state index is 13.0. The molecule has 18 heavy (non-hydrogen) atoms. The van der Waals surface area contributed by atoms with Gasteiger partial charge in [0.25, 0.3) is 0 Å². The zero-order valence-corrected chi connectivity index (χ0v) is 10.5.